The first-order valence-corrected chi connectivity index (χ1v) is 8.44. The molecule has 2 aromatic rings. The van der Waals surface area contributed by atoms with E-state index in [4.69, 9.17) is 10.5 Å². The normalized spacial score (nSPS) is 11.5. The molecule has 3 N–H and O–H groups in total. The van der Waals surface area contributed by atoms with Crippen molar-refractivity contribution < 1.29 is 22.7 Å². The zero-order valence-electron chi connectivity index (χ0n) is 15.9. The third kappa shape index (κ3) is 7.31. The summed E-state index contributed by atoms with van der Waals surface area (Å²) in [6.07, 6.45) is -4.48. The summed E-state index contributed by atoms with van der Waals surface area (Å²) in [5.74, 6) is -0.241. The zero-order chi connectivity index (χ0) is 20.2. The zero-order valence-corrected chi connectivity index (χ0v) is 16.7. The lowest BCUT2D eigenvalue weighted by atomic mass is 10.1. The molecule has 154 valence electrons. The van der Waals surface area contributed by atoms with E-state index >= 15 is 0 Å². The lowest BCUT2D eigenvalue weighted by Crippen LogP contribution is -2.26. The molecule has 2 aromatic carbocycles. The van der Waals surface area contributed by atoms with Gasteiger partial charge in [0.25, 0.3) is 0 Å². The number of benzene rings is 2. The summed E-state index contributed by atoms with van der Waals surface area (Å²) >= 11 is 0. The Morgan fingerprint density at radius 1 is 1.07 bits per heavy atom. The Labute approximate surface area is 168 Å². The van der Waals surface area contributed by atoms with Crippen molar-refractivity contribution in [2.45, 2.75) is 45.5 Å². The molecule has 0 aromatic heterocycles. The average Bonchev–Trinajstić information content (AvgIpc) is 2.53. The first-order valence-electron chi connectivity index (χ1n) is 8.44. The van der Waals surface area contributed by atoms with E-state index in [2.05, 4.69) is 5.32 Å². The largest absolute Gasteiger partial charge is 0.488 e. The molecule has 1 amide bonds. The summed E-state index contributed by atoms with van der Waals surface area (Å²) in [6.45, 7) is 5.04. The minimum Gasteiger partial charge on any atom is -0.488 e. The minimum absolute atomic E-state index is 0. The number of amides is 1. The van der Waals surface area contributed by atoms with Crippen LogP contribution in [0.3, 0.4) is 0 Å². The monoisotopic (exact) mass is 416 g/mol. The minimum atomic E-state index is -4.55. The quantitative estimate of drug-likeness (QED) is 0.691. The first kappa shape index (κ1) is 23.6. The van der Waals surface area contributed by atoms with E-state index in [1.54, 1.807) is 45.0 Å². The Kier molecular flexibility index (Phi) is 7.75. The van der Waals surface area contributed by atoms with E-state index in [-0.39, 0.29) is 42.6 Å². The van der Waals surface area contributed by atoms with Gasteiger partial charge in [0.15, 0.2) is 0 Å². The molecule has 0 saturated carbocycles. The third-order valence-corrected chi connectivity index (χ3v) is 3.63. The second-order valence-electron chi connectivity index (χ2n) is 7.23. The van der Waals surface area contributed by atoms with Crippen LogP contribution in [0.15, 0.2) is 42.5 Å². The van der Waals surface area contributed by atoms with Gasteiger partial charge in [0.1, 0.15) is 11.4 Å². The summed E-state index contributed by atoms with van der Waals surface area (Å²) in [7, 11) is 0. The number of alkyl halides is 3. The van der Waals surface area contributed by atoms with Crippen LogP contribution in [0.4, 0.5) is 18.9 Å². The van der Waals surface area contributed by atoms with Crippen LogP contribution in [-0.4, -0.2) is 11.5 Å². The molecule has 8 heteroatoms. The van der Waals surface area contributed by atoms with Crippen LogP contribution in [-0.2, 0) is 23.9 Å². The summed E-state index contributed by atoms with van der Waals surface area (Å²) in [5, 5.41) is 2.53. The van der Waals surface area contributed by atoms with Crippen LogP contribution < -0.4 is 15.8 Å². The van der Waals surface area contributed by atoms with Crippen LogP contribution in [0.25, 0.3) is 0 Å². The van der Waals surface area contributed by atoms with Gasteiger partial charge in [0.2, 0.25) is 5.91 Å². The van der Waals surface area contributed by atoms with Gasteiger partial charge in [0.05, 0.1) is 12.0 Å². The van der Waals surface area contributed by atoms with E-state index in [9.17, 15) is 18.0 Å². The van der Waals surface area contributed by atoms with Crippen molar-refractivity contribution in [3.05, 3.63) is 59.2 Å². The highest BCUT2D eigenvalue weighted by Crippen LogP contribution is 2.35. The fourth-order valence-electron chi connectivity index (χ4n) is 2.47. The van der Waals surface area contributed by atoms with Gasteiger partial charge in [-0.25, -0.2) is 0 Å². The maximum absolute atomic E-state index is 13.4. The molecule has 0 heterocycles. The second kappa shape index (κ2) is 9.19. The SMILES string of the molecule is CC(C)(C)Oc1ccc(CNC(=O)Cc2ccc(N)cc2)c(C(F)(F)F)c1.Cl. The average molecular weight is 417 g/mol. The maximum atomic E-state index is 13.4. The number of ether oxygens (including phenoxy) is 1. The van der Waals surface area contributed by atoms with Crippen LogP contribution >= 0.6 is 12.4 Å². The van der Waals surface area contributed by atoms with Crippen molar-refractivity contribution >= 4 is 24.0 Å². The molecule has 0 atom stereocenters. The molecule has 0 aliphatic carbocycles. The molecule has 0 bridgehead atoms. The maximum Gasteiger partial charge on any atom is 0.416 e. The van der Waals surface area contributed by atoms with Gasteiger partial charge in [-0.1, -0.05) is 18.2 Å². The highest BCUT2D eigenvalue weighted by molar-refractivity contribution is 5.85. The molecule has 0 aliphatic heterocycles. The van der Waals surface area contributed by atoms with E-state index in [1.807, 2.05) is 0 Å². The fourth-order valence-corrected chi connectivity index (χ4v) is 2.47. The van der Waals surface area contributed by atoms with Crippen LogP contribution in [0, 0.1) is 0 Å². The lowest BCUT2D eigenvalue weighted by Gasteiger charge is -2.23. The Bertz CT molecular complexity index is 801. The van der Waals surface area contributed by atoms with Gasteiger partial charge in [-0.3, -0.25) is 4.79 Å². The van der Waals surface area contributed by atoms with Gasteiger partial charge in [-0.05, 0) is 56.2 Å². The number of nitrogen functional groups attached to an aromatic ring is 1. The number of nitrogens with two attached hydrogens (primary N) is 1. The van der Waals surface area contributed by atoms with Crippen molar-refractivity contribution in [3.63, 3.8) is 0 Å². The van der Waals surface area contributed by atoms with Crippen molar-refractivity contribution in [1.82, 2.24) is 5.32 Å². The lowest BCUT2D eigenvalue weighted by molar-refractivity contribution is -0.138. The van der Waals surface area contributed by atoms with Crippen molar-refractivity contribution in [3.8, 4) is 5.75 Å². The van der Waals surface area contributed by atoms with Gasteiger partial charge >= 0.3 is 6.18 Å². The number of hydrogen-bond donors (Lipinski definition) is 2. The summed E-state index contributed by atoms with van der Waals surface area (Å²) in [4.78, 5) is 12.0. The number of carbonyl (C=O) groups excluding carboxylic acids is 1. The molecular formula is C20H24ClF3N2O2. The number of hydrogen-bond acceptors (Lipinski definition) is 3. The van der Waals surface area contributed by atoms with E-state index in [1.165, 1.54) is 12.1 Å². The van der Waals surface area contributed by atoms with Crippen molar-refractivity contribution in [2.75, 3.05) is 5.73 Å². The van der Waals surface area contributed by atoms with Crippen LogP contribution in [0.2, 0.25) is 0 Å². The van der Waals surface area contributed by atoms with Gasteiger partial charge in [-0.2, -0.15) is 13.2 Å². The highest BCUT2D eigenvalue weighted by Gasteiger charge is 2.34. The standard InChI is InChI=1S/C20H23F3N2O2.ClH/c1-19(2,3)27-16-9-6-14(17(11-16)20(21,22)23)12-25-18(26)10-13-4-7-15(24)8-5-13;/h4-9,11H,10,12,24H2,1-3H3,(H,25,26);1H. The number of nitrogens with one attached hydrogen (secondary N) is 1. The van der Waals surface area contributed by atoms with Gasteiger partial charge < -0.3 is 15.8 Å². The molecule has 0 spiro atoms. The van der Waals surface area contributed by atoms with Crippen molar-refractivity contribution in [2.24, 2.45) is 0 Å². The van der Waals surface area contributed by atoms with Gasteiger partial charge in [0, 0.05) is 12.2 Å². The smallest absolute Gasteiger partial charge is 0.416 e. The highest BCUT2D eigenvalue weighted by atomic mass is 35.5. The van der Waals surface area contributed by atoms with E-state index in [0.29, 0.717) is 5.69 Å². The molecule has 0 unspecified atom stereocenters. The van der Waals surface area contributed by atoms with E-state index < -0.39 is 17.3 Å². The topological polar surface area (TPSA) is 64.3 Å². The predicted molar refractivity (Wildman–Crippen MR) is 105 cm³/mol. The third-order valence-electron chi connectivity index (χ3n) is 3.63. The summed E-state index contributed by atoms with van der Waals surface area (Å²) < 4.78 is 45.7. The molecule has 0 saturated heterocycles. The molecule has 28 heavy (non-hydrogen) atoms. The van der Waals surface area contributed by atoms with Crippen molar-refractivity contribution in [1.29, 1.82) is 0 Å². The number of halogens is 4. The van der Waals surface area contributed by atoms with Crippen LogP contribution in [0.1, 0.15) is 37.5 Å². The Hall–Kier alpha value is -2.41. The number of anilines is 1. The molecule has 0 aliphatic rings. The Morgan fingerprint density at radius 2 is 1.68 bits per heavy atom. The molecule has 0 fully saturated rings. The molecule has 2 rings (SSSR count). The van der Waals surface area contributed by atoms with Crippen LogP contribution in [0.5, 0.6) is 5.75 Å². The fraction of sp³-hybridized carbons (Fsp3) is 0.350. The first-order chi connectivity index (χ1) is 12.4. The predicted octanol–water partition coefficient (Wildman–Crippen LogP) is 4.75. The van der Waals surface area contributed by atoms with Gasteiger partial charge in [-0.15, -0.1) is 12.4 Å². The molecule has 0 radical (unpaired) electrons. The molecular weight excluding hydrogens is 393 g/mol. The Morgan fingerprint density at radius 3 is 2.21 bits per heavy atom. The Balaban J connectivity index is 0.00000392. The number of rotatable bonds is 5. The second-order valence-corrected chi connectivity index (χ2v) is 7.23. The summed E-state index contributed by atoms with van der Waals surface area (Å²) in [5.41, 5.74) is 5.43. The number of carbonyl (C=O) groups is 1. The van der Waals surface area contributed by atoms with E-state index in [0.717, 1.165) is 11.6 Å². The summed E-state index contributed by atoms with van der Waals surface area (Å²) in [6, 6.07) is 10.5. The molecule has 4 nitrogen and oxygen atoms in total.